The van der Waals surface area contributed by atoms with Crippen molar-refractivity contribution in [1.29, 1.82) is 0 Å². The number of benzene rings is 3. The largest absolute Gasteiger partial charge is 0.496 e. The normalized spacial score (nSPS) is 10.6. The van der Waals surface area contributed by atoms with Crippen LogP contribution in [0.25, 0.3) is 0 Å². The highest BCUT2D eigenvalue weighted by atomic mass is 35.5. The van der Waals surface area contributed by atoms with Crippen molar-refractivity contribution >= 4 is 23.2 Å². The molecule has 27 heavy (non-hydrogen) atoms. The minimum Gasteiger partial charge on any atom is -0.496 e. The van der Waals surface area contributed by atoms with E-state index >= 15 is 0 Å². The molecule has 0 unspecified atom stereocenters. The van der Waals surface area contributed by atoms with Gasteiger partial charge in [0, 0.05) is 39.8 Å². The second-order valence-corrected chi connectivity index (χ2v) is 6.83. The highest BCUT2D eigenvalue weighted by molar-refractivity contribution is 6.35. The molecule has 3 aromatic carbocycles. The van der Waals surface area contributed by atoms with Gasteiger partial charge in [-0.1, -0.05) is 65.7 Å². The first kappa shape index (κ1) is 19.6. The van der Waals surface area contributed by atoms with Gasteiger partial charge in [0.05, 0.1) is 7.11 Å². The summed E-state index contributed by atoms with van der Waals surface area (Å²) in [7, 11) is 1.68. The molecule has 3 aromatic rings. The number of hydrogen-bond donors (Lipinski definition) is 1. The van der Waals surface area contributed by atoms with Crippen LogP contribution in [-0.4, -0.2) is 7.11 Å². The molecule has 0 saturated carbocycles. The molecule has 0 aromatic heterocycles. The molecule has 0 aliphatic carbocycles. The van der Waals surface area contributed by atoms with Gasteiger partial charge < -0.3 is 14.8 Å². The van der Waals surface area contributed by atoms with Gasteiger partial charge >= 0.3 is 0 Å². The van der Waals surface area contributed by atoms with Crippen LogP contribution in [0, 0.1) is 0 Å². The van der Waals surface area contributed by atoms with Gasteiger partial charge in [-0.25, -0.2) is 0 Å². The van der Waals surface area contributed by atoms with Crippen molar-refractivity contribution in [2.45, 2.75) is 19.7 Å². The predicted molar refractivity (Wildman–Crippen MR) is 111 cm³/mol. The molecule has 0 heterocycles. The number of para-hydroxylation sites is 2. The molecular formula is C22H21Cl2NO2. The van der Waals surface area contributed by atoms with E-state index in [1.165, 1.54) is 0 Å². The Morgan fingerprint density at radius 1 is 0.741 bits per heavy atom. The Labute approximate surface area is 169 Å². The molecule has 0 aliphatic heterocycles. The molecular weight excluding hydrogens is 381 g/mol. The number of hydrogen-bond acceptors (Lipinski definition) is 3. The van der Waals surface area contributed by atoms with Gasteiger partial charge in [0.1, 0.15) is 18.1 Å². The molecule has 3 nitrogen and oxygen atoms in total. The number of rotatable bonds is 8. The van der Waals surface area contributed by atoms with Gasteiger partial charge in [0.15, 0.2) is 0 Å². The van der Waals surface area contributed by atoms with Crippen LogP contribution in [0.3, 0.4) is 0 Å². The summed E-state index contributed by atoms with van der Waals surface area (Å²) in [4.78, 5) is 0. The fourth-order valence-electron chi connectivity index (χ4n) is 2.79. The maximum Gasteiger partial charge on any atom is 0.124 e. The van der Waals surface area contributed by atoms with E-state index in [0.717, 1.165) is 28.2 Å². The van der Waals surface area contributed by atoms with Gasteiger partial charge in [0.2, 0.25) is 0 Å². The van der Waals surface area contributed by atoms with E-state index in [1.54, 1.807) is 7.11 Å². The summed E-state index contributed by atoms with van der Waals surface area (Å²) in [6.07, 6.45) is 0. The Kier molecular flexibility index (Phi) is 6.99. The monoisotopic (exact) mass is 401 g/mol. The molecule has 0 atom stereocenters. The summed E-state index contributed by atoms with van der Waals surface area (Å²) in [6, 6.07) is 21.4. The lowest BCUT2D eigenvalue weighted by atomic mass is 10.1. The first-order valence-electron chi connectivity index (χ1n) is 8.65. The molecule has 0 amide bonds. The van der Waals surface area contributed by atoms with Crippen molar-refractivity contribution in [3.63, 3.8) is 0 Å². The van der Waals surface area contributed by atoms with E-state index in [0.29, 0.717) is 29.7 Å². The molecule has 0 spiro atoms. The molecule has 1 N–H and O–H groups in total. The van der Waals surface area contributed by atoms with Crippen molar-refractivity contribution in [2.24, 2.45) is 0 Å². The molecule has 0 bridgehead atoms. The average Bonchev–Trinajstić information content (AvgIpc) is 2.69. The minimum atomic E-state index is 0.321. The van der Waals surface area contributed by atoms with Crippen LogP contribution in [0.15, 0.2) is 66.7 Å². The van der Waals surface area contributed by atoms with Gasteiger partial charge in [-0.05, 0) is 24.3 Å². The SMILES string of the molecule is COc1ccccc1CNCc1ccccc1OCc1c(Cl)cccc1Cl. The zero-order valence-electron chi connectivity index (χ0n) is 15.0. The lowest BCUT2D eigenvalue weighted by Gasteiger charge is -2.14. The second-order valence-electron chi connectivity index (χ2n) is 6.01. The van der Waals surface area contributed by atoms with Crippen LogP contribution < -0.4 is 14.8 Å². The van der Waals surface area contributed by atoms with Gasteiger partial charge in [-0.15, -0.1) is 0 Å². The van der Waals surface area contributed by atoms with E-state index in [1.807, 2.05) is 66.7 Å². The Balaban J connectivity index is 1.64. The average molecular weight is 402 g/mol. The predicted octanol–water partition coefficient (Wildman–Crippen LogP) is 5.87. The molecule has 0 aliphatic rings. The summed E-state index contributed by atoms with van der Waals surface area (Å²) in [5.74, 6) is 1.68. The summed E-state index contributed by atoms with van der Waals surface area (Å²) in [6.45, 7) is 1.70. The molecule has 5 heteroatoms. The molecule has 0 radical (unpaired) electrons. The second kappa shape index (κ2) is 9.65. The van der Waals surface area contributed by atoms with Crippen molar-refractivity contribution < 1.29 is 9.47 Å². The van der Waals surface area contributed by atoms with E-state index in [9.17, 15) is 0 Å². The maximum absolute atomic E-state index is 6.23. The Morgan fingerprint density at radius 3 is 1.93 bits per heavy atom. The zero-order chi connectivity index (χ0) is 19.1. The number of halogens is 2. The fourth-order valence-corrected chi connectivity index (χ4v) is 3.30. The molecule has 3 rings (SSSR count). The number of methoxy groups -OCH3 is 1. The van der Waals surface area contributed by atoms with E-state index in [2.05, 4.69) is 5.32 Å². The van der Waals surface area contributed by atoms with Crippen LogP contribution in [0.1, 0.15) is 16.7 Å². The van der Waals surface area contributed by atoms with E-state index in [4.69, 9.17) is 32.7 Å². The van der Waals surface area contributed by atoms with Crippen LogP contribution >= 0.6 is 23.2 Å². The summed E-state index contributed by atoms with van der Waals surface area (Å²) >= 11 is 12.5. The van der Waals surface area contributed by atoms with Gasteiger partial charge in [-0.2, -0.15) is 0 Å². The lowest BCUT2D eigenvalue weighted by Crippen LogP contribution is -2.14. The minimum absolute atomic E-state index is 0.321. The van der Waals surface area contributed by atoms with Crippen molar-refractivity contribution in [2.75, 3.05) is 7.11 Å². The topological polar surface area (TPSA) is 30.5 Å². The maximum atomic E-state index is 6.23. The fraction of sp³-hybridized carbons (Fsp3) is 0.182. The van der Waals surface area contributed by atoms with Gasteiger partial charge in [0.25, 0.3) is 0 Å². The first-order valence-corrected chi connectivity index (χ1v) is 9.41. The lowest BCUT2D eigenvalue weighted by molar-refractivity contribution is 0.302. The first-order chi connectivity index (χ1) is 13.2. The highest BCUT2D eigenvalue weighted by Crippen LogP contribution is 2.27. The van der Waals surface area contributed by atoms with Crippen LogP contribution in [-0.2, 0) is 19.7 Å². The Bertz CT molecular complexity index is 879. The Hall–Kier alpha value is -2.20. The van der Waals surface area contributed by atoms with E-state index in [-0.39, 0.29) is 0 Å². The van der Waals surface area contributed by atoms with Crippen molar-refractivity contribution in [1.82, 2.24) is 5.32 Å². The van der Waals surface area contributed by atoms with Crippen LogP contribution in [0.2, 0.25) is 10.0 Å². The van der Waals surface area contributed by atoms with Crippen molar-refractivity contribution in [3.05, 3.63) is 93.5 Å². The third kappa shape index (κ3) is 5.16. The highest BCUT2D eigenvalue weighted by Gasteiger charge is 2.09. The molecule has 0 saturated heterocycles. The number of ether oxygens (including phenoxy) is 2. The summed E-state index contributed by atoms with van der Waals surface area (Å²) < 4.78 is 11.4. The standard InChI is InChI=1S/C22H21Cl2NO2/c1-26-21-11-4-2-7-16(21)13-25-14-17-8-3-5-12-22(17)27-15-18-19(23)9-6-10-20(18)24/h2-12,25H,13-15H2,1H3. The van der Waals surface area contributed by atoms with Crippen LogP contribution in [0.5, 0.6) is 11.5 Å². The van der Waals surface area contributed by atoms with E-state index < -0.39 is 0 Å². The third-order valence-electron chi connectivity index (χ3n) is 4.23. The Morgan fingerprint density at radius 2 is 1.30 bits per heavy atom. The summed E-state index contributed by atoms with van der Waals surface area (Å²) in [5, 5.41) is 4.65. The van der Waals surface area contributed by atoms with Crippen molar-refractivity contribution in [3.8, 4) is 11.5 Å². The zero-order valence-corrected chi connectivity index (χ0v) is 16.6. The summed E-state index contributed by atoms with van der Waals surface area (Å²) in [5.41, 5.74) is 2.97. The van der Waals surface area contributed by atoms with Gasteiger partial charge in [-0.3, -0.25) is 0 Å². The molecule has 0 fully saturated rings. The number of nitrogens with one attached hydrogen (secondary N) is 1. The molecule has 140 valence electrons. The quantitative estimate of drug-likeness (QED) is 0.511. The van der Waals surface area contributed by atoms with Crippen LogP contribution in [0.4, 0.5) is 0 Å². The third-order valence-corrected chi connectivity index (χ3v) is 4.94. The smallest absolute Gasteiger partial charge is 0.124 e.